The van der Waals surface area contributed by atoms with Gasteiger partial charge in [0.15, 0.2) is 0 Å². The molecule has 1 aliphatic heterocycles. The highest BCUT2D eigenvalue weighted by atomic mass is 16.2. The fraction of sp³-hybridized carbons (Fsp3) is 0.556. The average Bonchev–Trinajstić information content (AvgIpc) is 2.88. The molecular weight excluding hydrogens is 426 g/mol. The Balaban J connectivity index is 1.95. The lowest BCUT2D eigenvalue weighted by Crippen LogP contribution is -2.45. The number of benzene rings is 1. The summed E-state index contributed by atoms with van der Waals surface area (Å²) in [4.78, 5) is 38.7. The number of nitrogens with two attached hydrogens (primary N) is 1. The Kier molecular flexibility index (Phi) is 9.16. The van der Waals surface area contributed by atoms with Crippen molar-refractivity contribution in [1.82, 2.24) is 19.8 Å². The second kappa shape index (κ2) is 12.1. The average molecular weight is 466 g/mol. The number of carbonyl (C=O) groups is 2. The minimum Gasteiger partial charge on any atom is -0.366 e. The summed E-state index contributed by atoms with van der Waals surface area (Å²) in [6.07, 6.45) is 8.32. The molecule has 184 valence electrons. The topological polar surface area (TPSA) is 92.4 Å². The van der Waals surface area contributed by atoms with Crippen molar-refractivity contribution in [2.24, 2.45) is 5.73 Å². The number of piperidine rings is 1. The van der Waals surface area contributed by atoms with Gasteiger partial charge in [0.1, 0.15) is 11.5 Å². The highest BCUT2D eigenvalue weighted by molar-refractivity contribution is 5.93. The van der Waals surface area contributed by atoms with Gasteiger partial charge in [-0.25, -0.2) is 9.97 Å². The predicted octanol–water partition coefficient (Wildman–Crippen LogP) is 4.02. The monoisotopic (exact) mass is 465 g/mol. The van der Waals surface area contributed by atoms with Gasteiger partial charge < -0.3 is 15.5 Å². The lowest BCUT2D eigenvalue weighted by atomic mass is 9.71. The van der Waals surface area contributed by atoms with Crippen LogP contribution in [0.4, 0.5) is 0 Å². The third kappa shape index (κ3) is 5.81. The maximum absolute atomic E-state index is 13.0. The summed E-state index contributed by atoms with van der Waals surface area (Å²) in [6, 6.07) is 9.22. The molecule has 2 amide bonds. The fourth-order valence-corrected chi connectivity index (χ4v) is 4.91. The van der Waals surface area contributed by atoms with Crippen LogP contribution in [0.5, 0.6) is 0 Å². The van der Waals surface area contributed by atoms with Crippen LogP contribution in [0.25, 0.3) is 0 Å². The molecule has 0 radical (unpaired) electrons. The molecule has 7 nitrogen and oxygen atoms in total. The molecule has 0 bridgehead atoms. The van der Waals surface area contributed by atoms with Crippen molar-refractivity contribution in [3.63, 3.8) is 0 Å². The quantitative estimate of drug-likeness (QED) is 0.506. The van der Waals surface area contributed by atoms with Crippen LogP contribution in [-0.4, -0.2) is 64.3 Å². The molecule has 2 heterocycles. The molecule has 0 spiro atoms. The van der Waals surface area contributed by atoms with Gasteiger partial charge in [-0.3, -0.25) is 9.59 Å². The molecule has 1 aliphatic rings. The van der Waals surface area contributed by atoms with Crippen LogP contribution in [0.15, 0.2) is 36.5 Å². The van der Waals surface area contributed by atoms with Gasteiger partial charge in [-0.15, -0.1) is 0 Å². The molecule has 0 atom stereocenters. The second-order valence-corrected chi connectivity index (χ2v) is 9.17. The number of carbonyl (C=O) groups excluding carboxylic acids is 2. The zero-order chi connectivity index (χ0) is 24.6. The Morgan fingerprint density at radius 2 is 1.79 bits per heavy atom. The summed E-state index contributed by atoms with van der Waals surface area (Å²) in [5, 5.41) is 0. The van der Waals surface area contributed by atoms with Crippen molar-refractivity contribution in [2.75, 3.05) is 32.7 Å². The fourth-order valence-electron chi connectivity index (χ4n) is 4.91. The van der Waals surface area contributed by atoms with E-state index in [4.69, 9.17) is 10.7 Å². The highest BCUT2D eigenvalue weighted by Gasteiger charge is 2.41. The molecule has 0 saturated carbocycles. The van der Waals surface area contributed by atoms with Gasteiger partial charge in [0.25, 0.3) is 5.91 Å². The van der Waals surface area contributed by atoms with Gasteiger partial charge in [0.05, 0.1) is 5.41 Å². The standard InChI is InChI=1S/C27H39N5O2/c1-4-7-8-9-17-31-18-14-27(15-19-31,22-12-10-11-21(20-22)24(28)33)26-29-16-13-23(30-26)25(34)32(5-2)6-3/h10-13,16,20H,4-9,14-15,17-19H2,1-3H3,(H2,28,33). The van der Waals surface area contributed by atoms with Crippen LogP contribution >= 0.6 is 0 Å². The first kappa shape index (κ1) is 25.8. The third-order valence-electron chi connectivity index (χ3n) is 7.09. The number of hydrogen-bond donors (Lipinski definition) is 1. The summed E-state index contributed by atoms with van der Waals surface area (Å²) in [5.74, 6) is 0.123. The summed E-state index contributed by atoms with van der Waals surface area (Å²) in [6.45, 7) is 10.4. The molecule has 1 aromatic carbocycles. The first-order chi connectivity index (χ1) is 16.4. The van der Waals surface area contributed by atoms with E-state index in [1.54, 1.807) is 23.2 Å². The third-order valence-corrected chi connectivity index (χ3v) is 7.09. The molecule has 2 aromatic rings. The summed E-state index contributed by atoms with van der Waals surface area (Å²) in [7, 11) is 0. The zero-order valence-electron chi connectivity index (χ0n) is 20.9. The van der Waals surface area contributed by atoms with E-state index in [0.29, 0.717) is 30.2 Å². The van der Waals surface area contributed by atoms with Gasteiger partial charge >= 0.3 is 0 Å². The van der Waals surface area contributed by atoms with Crippen LogP contribution in [0, 0.1) is 0 Å². The van der Waals surface area contributed by atoms with Crippen molar-refractivity contribution < 1.29 is 9.59 Å². The first-order valence-electron chi connectivity index (χ1n) is 12.7. The lowest BCUT2D eigenvalue weighted by Gasteiger charge is -2.41. The number of likely N-dealkylation sites (tertiary alicyclic amines) is 1. The molecule has 1 aromatic heterocycles. The van der Waals surface area contributed by atoms with E-state index in [9.17, 15) is 9.59 Å². The van der Waals surface area contributed by atoms with Crippen molar-refractivity contribution in [3.8, 4) is 0 Å². The molecule has 0 unspecified atom stereocenters. The highest BCUT2D eigenvalue weighted by Crippen LogP contribution is 2.40. The van der Waals surface area contributed by atoms with Crippen molar-refractivity contribution in [2.45, 2.75) is 64.7 Å². The van der Waals surface area contributed by atoms with Crippen LogP contribution in [0.3, 0.4) is 0 Å². The molecule has 1 fully saturated rings. The minimum absolute atomic E-state index is 0.0805. The van der Waals surface area contributed by atoms with Crippen LogP contribution in [0.1, 0.15) is 91.5 Å². The van der Waals surface area contributed by atoms with Gasteiger partial charge in [0, 0.05) is 24.8 Å². The SMILES string of the molecule is CCCCCCN1CCC(c2cccc(C(N)=O)c2)(c2nccc(C(=O)N(CC)CC)n2)CC1. The second-order valence-electron chi connectivity index (χ2n) is 9.17. The van der Waals surface area contributed by atoms with E-state index in [1.165, 1.54) is 25.7 Å². The van der Waals surface area contributed by atoms with Crippen molar-refractivity contribution in [1.29, 1.82) is 0 Å². The molecule has 2 N–H and O–H groups in total. The molecule has 0 aliphatic carbocycles. The van der Waals surface area contributed by atoms with Crippen molar-refractivity contribution >= 4 is 11.8 Å². The van der Waals surface area contributed by atoms with Gasteiger partial charge in [0.2, 0.25) is 5.91 Å². The number of primary amides is 1. The van der Waals surface area contributed by atoms with E-state index in [2.05, 4.69) is 16.8 Å². The number of aromatic nitrogens is 2. The van der Waals surface area contributed by atoms with Gasteiger partial charge in [-0.2, -0.15) is 0 Å². The Morgan fingerprint density at radius 3 is 2.44 bits per heavy atom. The molecule has 34 heavy (non-hydrogen) atoms. The number of amides is 2. The van der Waals surface area contributed by atoms with Gasteiger partial charge in [-0.05, 0) is 76.5 Å². The number of nitrogens with zero attached hydrogens (tertiary/aromatic N) is 4. The molecule has 7 heteroatoms. The Hall–Kier alpha value is -2.80. The summed E-state index contributed by atoms with van der Waals surface area (Å²) < 4.78 is 0. The largest absolute Gasteiger partial charge is 0.366 e. The normalized spacial score (nSPS) is 15.7. The first-order valence-corrected chi connectivity index (χ1v) is 12.7. The predicted molar refractivity (Wildman–Crippen MR) is 135 cm³/mol. The number of hydrogen-bond acceptors (Lipinski definition) is 5. The Morgan fingerprint density at radius 1 is 1.06 bits per heavy atom. The molecule has 1 saturated heterocycles. The van der Waals surface area contributed by atoms with E-state index in [-0.39, 0.29) is 5.91 Å². The van der Waals surface area contributed by atoms with E-state index < -0.39 is 11.3 Å². The molecular formula is C27H39N5O2. The van der Waals surface area contributed by atoms with Gasteiger partial charge in [-0.1, -0.05) is 38.3 Å². The van der Waals surface area contributed by atoms with E-state index >= 15 is 0 Å². The van der Waals surface area contributed by atoms with Crippen LogP contribution < -0.4 is 5.73 Å². The number of unbranched alkanes of at least 4 members (excludes halogenated alkanes) is 3. The maximum atomic E-state index is 13.0. The Bertz CT molecular complexity index is 965. The smallest absolute Gasteiger partial charge is 0.272 e. The molecule has 3 rings (SSSR count). The lowest BCUT2D eigenvalue weighted by molar-refractivity contribution is 0.0765. The summed E-state index contributed by atoms with van der Waals surface area (Å²) in [5.41, 5.74) is 7.01. The Labute approximate surface area is 203 Å². The zero-order valence-corrected chi connectivity index (χ0v) is 20.9. The summed E-state index contributed by atoms with van der Waals surface area (Å²) >= 11 is 0. The van der Waals surface area contributed by atoms with Crippen molar-refractivity contribution in [3.05, 3.63) is 59.2 Å². The maximum Gasteiger partial charge on any atom is 0.272 e. The van der Waals surface area contributed by atoms with Crippen LogP contribution in [-0.2, 0) is 5.41 Å². The van der Waals surface area contributed by atoms with E-state index in [0.717, 1.165) is 38.0 Å². The van der Waals surface area contributed by atoms with Crippen LogP contribution in [0.2, 0.25) is 0 Å². The number of rotatable bonds is 11. The minimum atomic E-state index is -0.467. The van der Waals surface area contributed by atoms with E-state index in [1.807, 2.05) is 32.0 Å².